The SMILES string of the molecule is C=C(C(=O)OCC)c1cccn1C#N. The van der Waals surface area contributed by atoms with Gasteiger partial charge < -0.3 is 4.74 Å². The maximum Gasteiger partial charge on any atom is 0.339 e. The highest BCUT2D eigenvalue weighted by molar-refractivity contribution is 6.15. The number of carbonyl (C=O) groups excluding carboxylic acids is 1. The molecule has 0 aliphatic carbocycles. The molecular formula is C10H10N2O2. The molecule has 4 nitrogen and oxygen atoms in total. The van der Waals surface area contributed by atoms with Crippen LogP contribution in [-0.2, 0) is 9.53 Å². The zero-order chi connectivity index (χ0) is 10.6. The Kier molecular flexibility index (Phi) is 3.08. The first kappa shape index (κ1) is 10.1. The molecule has 0 atom stereocenters. The molecule has 0 aliphatic heterocycles. The Morgan fingerprint density at radius 3 is 3.07 bits per heavy atom. The van der Waals surface area contributed by atoms with Gasteiger partial charge in [-0.25, -0.2) is 4.79 Å². The largest absolute Gasteiger partial charge is 0.462 e. The van der Waals surface area contributed by atoms with Gasteiger partial charge in [-0.05, 0) is 19.1 Å². The highest BCUT2D eigenvalue weighted by atomic mass is 16.5. The molecule has 0 saturated carbocycles. The Labute approximate surface area is 82.0 Å². The van der Waals surface area contributed by atoms with E-state index < -0.39 is 5.97 Å². The number of nitriles is 1. The highest BCUT2D eigenvalue weighted by Crippen LogP contribution is 2.13. The molecule has 14 heavy (non-hydrogen) atoms. The summed E-state index contributed by atoms with van der Waals surface area (Å²) in [4.78, 5) is 11.3. The van der Waals surface area contributed by atoms with Gasteiger partial charge in [-0.1, -0.05) is 6.58 Å². The van der Waals surface area contributed by atoms with Gasteiger partial charge in [0.2, 0.25) is 0 Å². The number of hydrogen-bond donors (Lipinski definition) is 0. The van der Waals surface area contributed by atoms with Crippen LogP contribution in [0.15, 0.2) is 24.9 Å². The van der Waals surface area contributed by atoms with Crippen molar-refractivity contribution in [3.05, 3.63) is 30.6 Å². The lowest BCUT2D eigenvalue weighted by Crippen LogP contribution is -2.08. The van der Waals surface area contributed by atoms with Gasteiger partial charge in [0.15, 0.2) is 6.19 Å². The average molecular weight is 190 g/mol. The van der Waals surface area contributed by atoms with E-state index in [1.807, 2.05) is 6.19 Å². The summed E-state index contributed by atoms with van der Waals surface area (Å²) in [5, 5.41) is 8.69. The van der Waals surface area contributed by atoms with Crippen LogP contribution in [0.25, 0.3) is 5.57 Å². The Morgan fingerprint density at radius 2 is 2.50 bits per heavy atom. The minimum Gasteiger partial charge on any atom is -0.462 e. The molecule has 0 N–H and O–H groups in total. The molecule has 0 bridgehead atoms. The van der Waals surface area contributed by atoms with Crippen LogP contribution in [0.5, 0.6) is 0 Å². The molecule has 0 fully saturated rings. The van der Waals surface area contributed by atoms with Crippen LogP contribution >= 0.6 is 0 Å². The maximum absolute atomic E-state index is 11.3. The smallest absolute Gasteiger partial charge is 0.339 e. The van der Waals surface area contributed by atoms with Crippen molar-refractivity contribution in [1.29, 1.82) is 5.26 Å². The Hall–Kier alpha value is -2.02. The molecule has 0 aromatic carbocycles. The molecule has 0 saturated heterocycles. The molecule has 0 radical (unpaired) electrons. The van der Waals surface area contributed by atoms with E-state index in [2.05, 4.69) is 6.58 Å². The quantitative estimate of drug-likeness (QED) is 0.534. The molecule has 72 valence electrons. The fraction of sp³-hybridized carbons (Fsp3) is 0.200. The van der Waals surface area contributed by atoms with Crippen LogP contribution in [0.2, 0.25) is 0 Å². The van der Waals surface area contributed by atoms with E-state index in [0.717, 1.165) is 0 Å². The van der Waals surface area contributed by atoms with Crippen molar-refractivity contribution in [1.82, 2.24) is 4.57 Å². The molecule has 4 heteroatoms. The third-order valence-corrected chi connectivity index (χ3v) is 1.69. The zero-order valence-electron chi connectivity index (χ0n) is 7.86. The summed E-state index contributed by atoms with van der Waals surface area (Å²) in [6, 6.07) is 3.31. The van der Waals surface area contributed by atoms with Gasteiger partial charge in [0.25, 0.3) is 0 Å². The highest BCUT2D eigenvalue weighted by Gasteiger charge is 2.13. The van der Waals surface area contributed by atoms with Crippen molar-refractivity contribution < 1.29 is 9.53 Å². The summed E-state index contributed by atoms with van der Waals surface area (Å²) in [5.41, 5.74) is 0.657. The van der Waals surface area contributed by atoms with Crippen LogP contribution in [0.4, 0.5) is 0 Å². The molecule has 1 heterocycles. The van der Waals surface area contributed by atoms with Crippen LogP contribution in [-0.4, -0.2) is 17.1 Å². The number of rotatable bonds is 3. The first-order valence-corrected chi connectivity index (χ1v) is 4.14. The van der Waals surface area contributed by atoms with Crippen molar-refractivity contribution in [2.45, 2.75) is 6.92 Å². The Morgan fingerprint density at radius 1 is 1.79 bits per heavy atom. The lowest BCUT2D eigenvalue weighted by Gasteiger charge is -2.04. The predicted octanol–water partition coefficient (Wildman–Crippen LogP) is 1.39. The fourth-order valence-corrected chi connectivity index (χ4v) is 1.04. The van der Waals surface area contributed by atoms with Gasteiger partial charge in [0, 0.05) is 6.20 Å². The fourth-order valence-electron chi connectivity index (χ4n) is 1.04. The van der Waals surface area contributed by atoms with Crippen molar-refractivity contribution >= 4 is 11.5 Å². The van der Waals surface area contributed by atoms with Crippen LogP contribution < -0.4 is 0 Å². The summed E-state index contributed by atoms with van der Waals surface area (Å²) in [7, 11) is 0. The van der Waals surface area contributed by atoms with E-state index >= 15 is 0 Å². The van der Waals surface area contributed by atoms with Gasteiger partial charge in [0.05, 0.1) is 17.9 Å². The van der Waals surface area contributed by atoms with E-state index in [1.54, 1.807) is 25.3 Å². The molecule has 0 aliphatic rings. The molecule has 0 spiro atoms. The molecular weight excluding hydrogens is 180 g/mol. The van der Waals surface area contributed by atoms with Gasteiger partial charge in [-0.3, -0.25) is 4.57 Å². The number of aromatic nitrogens is 1. The van der Waals surface area contributed by atoms with E-state index in [4.69, 9.17) is 10.00 Å². The monoisotopic (exact) mass is 190 g/mol. The second-order valence-corrected chi connectivity index (χ2v) is 2.56. The van der Waals surface area contributed by atoms with E-state index in [-0.39, 0.29) is 5.57 Å². The van der Waals surface area contributed by atoms with Gasteiger partial charge in [-0.2, -0.15) is 5.26 Å². The summed E-state index contributed by atoms with van der Waals surface area (Å²) in [6.45, 7) is 5.59. The van der Waals surface area contributed by atoms with Crippen molar-refractivity contribution in [3.63, 3.8) is 0 Å². The van der Waals surface area contributed by atoms with Crippen molar-refractivity contribution in [2.24, 2.45) is 0 Å². The Balaban J connectivity index is 2.90. The molecule has 1 rings (SSSR count). The summed E-state index contributed by atoms with van der Waals surface area (Å²) >= 11 is 0. The number of nitrogens with zero attached hydrogens (tertiary/aromatic N) is 2. The molecule has 1 aromatic heterocycles. The molecule has 0 unspecified atom stereocenters. The normalized spacial score (nSPS) is 9.14. The topological polar surface area (TPSA) is 55.0 Å². The van der Waals surface area contributed by atoms with Gasteiger partial charge in [0.1, 0.15) is 0 Å². The molecule has 1 aromatic rings. The first-order chi connectivity index (χ1) is 6.70. The van der Waals surface area contributed by atoms with E-state index in [1.165, 1.54) is 4.57 Å². The lowest BCUT2D eigenvalue weighted by molar-refractivity contribution is -0.136. The number of hydrogen-bond acceptors (Lipinski definition) is 3. The zero-order valence-corrected chi connectivity index (χ0v) is 7.86. The maximum atomic E-state index is 11.3. The van der Waals surface area contributed by atoms with E-state index in [0.29, 0.717) is 12.3 Å². The Bertz CT molecular complexity index is 398. The molecule has 0 amide bonds. The number of esters is 1. The minimum absolute atomic E-state index is 0.193. The van der Waals surface area contributed by atoms with Crippen molar-refractivity contribution in [2.75, 3.05) is 6.61 Å². The number of ether oxygens (including phenoxy) is 1. The standard InChI is InChI=1S/C10H10N2O2/c1-3-14-10(13)8(2)9-5-4-6-12(9)7-11/h4-6H,2-3H2,1H3. The predicted molar refractivity (Wildman–Crippen MR) is 51.1 cm³/mol. The third-order valence-electron chi connectivity index (χ3n) is 1.69. The van der Waals surface area contributed by atoms with E-state index in [9.17, 15) is 4.79 Å². The summed E-state index contributed by atoms with van der Waals surface area (Å²) < 4.78 is 6.03. The average Bonchev–Trinajstić information content (AvgIpc) is 2.64. The third kappa shape index (κ3) is 1.83. The van der Waals surface area contributed by atoms with Crippen LogP contribution in [0.1, 0.15) is 12.6 Å². The van der Waals surface area contributed by atoms with Gasteiger partial charge >= 0.3 is 5.97 Å². The van der Waals surface area contributed by atoms with Crippen molar-refractivity contribution in [3.8, 4) is 6.19 Å². The van der Waals surface area contributed by atoms with Gasteiger partial charge in [-0.15, -0.1) is 0 Å². The summed E-state index contributed by atoms with van der Waals surface area (Å²) in [6.07, 6.45) is 3.46. The lowest BCUT2D eigenvalue weighted by atomic mass is 10.2. The van der Waals surface area contributed by atoms with Crippen LogP contribution in [0, 0.1) is 11.5 Å². The minimum atomic E-state index is -0.497. The van der Waals surface area contributed by atoms with Crippen LogP contribution in [0.3, 0.4) is 0 Å². The second-order valence-electron chi connectivity index (χ2n) is 2.56. The summed E-state index contributed by atoms with van der Waals surface area (Å²) in [5.74, 6) is -0.497. The second kappa shape index (κ2) is 4.28. The number of carbonyl (C=O) groups is 1. The first-order valence-electron chi connectivity index (χ1n) is 4.14.